The molecule has 0 rings (SSSR count). The summed E-state index contributed by atoms with van der Waals surface area (Å²) in [5, 5.41) is 14.3. The van der Waals surface area contributed by atoms with E-state index in [0.717, 1.165) is 0 Å². The first-order valence-corrected chi connectivity index (χ1v) is 7.62. The van der Waals surface area contributed by atoms with Crippen molar-refractivity contribution in [3.05, 3.63) is 12.7 Å². The number of carboxylic acid groups (broad SMARTS) is 1. The van der Waals surface area contributed by atoms with Gasteiger partial charge in [0.1, 0.15) is 12.1 Å². The first-order valence-electron chi connectivity index (χ1n) is 7.62. The van der Waals surface area contributed by atoms with Crippen LogP contribution in [-0.2, 0) is 14.4 Å². The summed E-state index contributed by atoms with van der Waals surface area (Å²) < 4.78 is 0. The summed E-state index contributed by atoms with van der Waals surface area (Å²) in [6.45, 7) is 11.0. The smallest absolute Gasteiger partial charge is 0.326 e. The number of carboxylic acids is 1. The number of allylic oxidation sites excluding steroid dienone is 1. The zero-order valence-electron chi connectivity index (χ0n) is 13.9. The number of nitrogens with one attached hydrogen (secondary N) is 2. The standard InChI is InChI=1S/C16H28N2O4/c1-6-7-8-12(16(21)22)17-15(20)14(11(4)5)18-13(19)9-10(2)3/h6,10-12,14H,1,7-9H2,2-5H3,(H,17,20)(H,18,19)(H,21,22). The van der Waals surface area contributed by atoms with Gasteiger partial charge in [0.25, 0.3) is 0 Å². The quantitative estimate of drug-likeness (QED) is 0.535. The van der Waals surface area contributed by atoms with E-state index in [0.29, 0.717) is 12.8 Å². The van der Waals surface area contributed by atoms with Crippen molar-refractivity contribution < 1.29 is 19.5 Å². The molecule has 6 nitrogen and oxygen atoms in total. The van der Waals surface area contributed by atoms with E-state index in [1.165, 1.54) is 0 Å². The minimum Gasteiger partial charge on any atom is -0.480 e. The summed E-state index contributed by atoms with van der Waals surface area (Å²) in [5.74, 6) is -1.71. The summed E-state index contributed by atoms with van der Waals surface area (Å²) >= 11 is 0. The lowest BCUT2D eigenvalue weighted by atomic mass is 10.0. The number of carbonyl (C=O) groups is 3. The molecule has 0 aromatic heterocycles. The monoisotopic (exact) mass is 312 g/mol. The van der Waals surface area contributed by atoms with Crippen molar-refractivity contribution >= 4 is 17.8 Å². The minimum atomic E-state index is -1.09. The third kappa shape index (κ3) is 7.81. The zero-order valence-corrected chi connectivity index (χ0v) is 13.9. The summed E-state index contributed by atoms with van der Waals surface area (Å²) in [4.78, 5) is 35.3. The van der Waals surface area contributed by atoms with Crippen LogP contribution in [0, 0.1) is 11.8 Å². The second-order valence-corrected chi connectivity index (χ2v) is 6.15. The molecular weight excluding hydrogens is 284 g/mol. The van der Waals surface area contributed by atoms with Gasteiger partial charge in [-0.15, -0.1) is 6.58 Å². The van der Waals surface area contributed by atoms with E-state index in [4.69, 9.17) is 5.11 Å². The van der Waals surface area contributed by atoms with Gasteiger partial charge >= 0.3 is 5.97 Å². The maximum atomic E-state index is 12.3. The van der Waals surface area contributed by atoms with Gasteiger partial charge in [0.15, 0.2) is 0 Å². The van der Waals surface area contributed by atoms with Gasteiger partial charge in [-0.3, -0.25) is 9.59 Å². The van der Waals surface area contributed by atoms with E-state index < -0.39 is 24.0 Å². The lowest BCUT2D eigenvalue weighted by Crippen LogP contribution is -2.53. The maximum Gasteiger partial charge on any atom is 0.326 e. The molecule has 0 aromatic rings. The molecule has 2 unspecified atom stereocenters. The topological polar surface area (TPSA) is 95.5 Å². The Morgan fingerprint density at radius 1 is 1.14 bits per heavy atom. The fraction of sp³-hybridized carbons (Fsp3) is 0.688. The molecule has 0 aromatic carbocycles. The summed E-state index contributed by atoms with van der Waals surface area (Å²) in [5.41, 5.74) is 0. The highest BCUT2D eigenvalue weighted by molar-refractivity contribution is 5.90. The fourth-order valence-electron chi connectivity index (χ4n) is 1.94. The van der Waals surface area contributed by atoms with Crippen LogP contribution in [0.4, 0.5) is 0 Å². The van der Waals surface area contributed by atoms with Gasteiger partial charge in [-0.2, -0.15) is 0 Å². The Hall–Kier alpha value is -1.85. The lowest BCUT2D eigenvalue weighted by Gasteiger charge is -2.24. The van der Waals surface area contributed by atoms with Crippen LogP contribution in [-0.4, -0.2) is 35.0 Å². The Bertz CT molecular complexity index is 405. The molecule has 22 heavy (non-hydrogen) atoms. The Morgan fingerprint density at radius 2 is 1.73 bits per heavy atom. The number of amides is 2. The van der Waals surface area contributed by atoms with E-state index in [1.54, 1.807) is 19.9 Å². The maximum absolute atomic E-state index is 12.3. The van der Waals surface area contributed by atoms with Gasteiger partial charge in [-0.05, 0) is 24.7 Å². The van der Waals surface area contributed by atoms with Gasteiger partial charge in [-0.1, -0.05) is 33.8 Å². The molecule has 0 spiro atoms. The van der Waals surface area contributed by atoms with Crippen molar-refractivity contribution in [3.8, 4) is 0 Å². The first-order chi connectivity index (χ1) is 10.2. The summed E-state index contributed by atoms with van der Waals surface area (Å²) in [6.07, 6.45) is 2.69. The second-order valence-electron chi connectivity index (χ2n) is 6.15. The molecule has 0 aliphatic heterocycles. The molecule has 0 bridgehead atoms. The van der Waals surface area contributed by atoms with Crippen LogP contribution in [0.15, 0.2) is 12.7 Å². The Kier molecular flexibility index (Phi) is 9.13. The van der Waals surface area contributed by atoms with Crippen molar-refractivity contribution in [3.63, 3.8) is 0 Å². The highest BCUT2D eigenvalue weighted by Gasteiger charge is 2.28. The molecule has 0 fully saturated rings. The predicted molar refractivity (Wildman–Crippen MR) is 85.2 cm³/mol. The van der Waals surface area contributed by atoms with Gasteiger partial charge < -0.3 is 15.7 Å². The van der Waals surface area contributed by atoms with E-state index >= 15 is 0 Å². The van der Waals surface area contributed by atoms with Crippen LogP contribution >= 0.6 is 0 Å². The van der Waals surface area contributed by atoms with Crippen molar-refractivity contribution in [2.24, 2.45) is 11.8 Å². The van der Waals surface area contributed by atoms with E-state index in [9.17, 15) is 14.4 Å². The van der Waals surface area contributed by atoms with Crippen LogP contribution in [0.3, 0.4) is 0 Å². The number of hydrogen-bond donors (Lipinski definition) is 3. The van der Waals surface area contributed by atoms with Gasteiger partial charge in [0.05, 0.1) is 0 Å². The molecule has 0 radical (unpaired) electrons. The van der Waals surface area contributed by atoms with Crippen molar-refractivity contribution in [2.75, 3.05) is 0 Å². The largest absolute Gasteiger partial charge is 0.480 e. The minimum absolute atomic E-state index is 0.134. The Balaban J connectivity index is 4.79. The number of rotatable bonds is 10. The number of aliphatic carboxylic acids is 1. The molecule has 0 saturated carbocycles. The number of carbonyl (C=O) groups excluding carboxylic acids is 2. The third-order valence-corrected chi connectivity index (χ3v) is 3.13. The predicted octanol–water partition coefficient (Wildman–Crippen LogP) is 1.71. The van der Waals surface area contributed by atoms with Gasteiger partial charge in [-0.25, -0.2) is 4.79 Å². The first kappa shape index (κ1) is 20.1. The molecule has 126 valence electrons. The molecule has 0 heterocycles. The third-order valence-electron chi connectivity index (χ3n) is 3.13. The highest BCUT2D eigenvalue weighted by atomic mass is 16.4. The van der Waals surface area contributed by atoms with Crippen molar-refractivity contribution in [1.82, 2.24) is 10.6 Å². The molecule has 3 N–H and O–H groups in total. The molecule has 2 atom stereocenters. The van der Waals surface area contributed by atoms with E-state index in [-0.39, 0.29) is 24.2 Å². The Morgan fingerprint density at radius 3 is 2.14 bits per heavy atom. The van der Waals surface area contributed by atoms with Crippen molar-refractivity contribution in [1.29, 1.82) is 0 Å². The van der Waals surface area contributed by atoms with E-state index in [1.807, 2.05) is 13.8 Å². The average Bonchev–Trinajstić information content (AvgIpc) is 2.38. The highest BCUT2D eigenvalue weighted by Crippen LogP contribution is 2.07. The van der Waals surface area contributed by atoms with Gasteiger partial charge in [0, 0.05) is 6.42 Å². The molecular formula is C16H28N2O4. The second kappa shape index (κ2) is 9.97. The van der Waals surface area contributed by atoms with Crippen LogP contribution in [0.5, 0.6) is 0 Å². The molecule has 0 saturated heterocycles. The molecule has 0 aliphatic carbocycles. The molecule has 0 aliphatic rings. The van der Waals surface area contributed by atoms with Crippen LogP contribution in [0.1, 0.15) is 47.0 Å². The van der Waals surface area contributed by atoms with Crippen LogP contribution in [0.25, 0.3) is 0 Å². The molecule has 2 amide bonds. The fourth-order valence-corrected chi connectivity index (χ4v) is 1.94. The SMILES string of the molecule is C=CCCC(NC(=O)C(NC(=O)CC(C)C)C(C)C)C(=O)O. The van der Waals surface area contributed by atoms with Gasteiger partial charge in [0.2, 0.25) is 11.8 Å². The van der Waals surface area contributed by atoms with E-state index in [2.05, 4.69) is 17.2 Å². The van der Waals surface area contributed by atoms with Crippen molar-refractivity contribution in [2.45, 2.75) is 59.0 Å². The summed E-state index contributed by atoms with van der Waals surface area (Å²) in [7, 11) is 0. The van der Waals surface area contributed by atoms with Crippen LogP contribution in [0.2, 0.25) is 0 Å². The number of hydrogen-bond acceptors (Lipinski definition) is 3. The molecule has 6 heteroatoms. The Labute approximate surface area is 132 Å². The summed E-state index contributed by atoms with van der Waals surface area (Å²) in [6, 6.07) is -1.72. The zero-order chi connectivity index (χ0) is 17.3. The normalized spacial score (nSPS) is 13.5. The lowest BCUT2D eigenvalue weighted by molar-refractivity contribution is -0.142. The average molecular weight is 312 g/mol. The van der Waals surface area contributed by atoms with Crippen LogP contribution < -0.4 is 10.6 Å².